The van der Waals surface area contributed by atoms with Crippen molar-refractivity contribution in [2.45, 2.75) is 33.3 Å². The number of aryl methyl sites for hydroxylation is 1. The first-order valence-corrected chi connectivity index (χ1v) is 12.9. The van der Waals surface area contributed by atoms with Crippen LogP contribution in [0.2, 0.25) is 0 Å². The first kappa shape index (κ1) is 26.8. The van der Waals surface area contributed by atoms with Crippen molar-refractivity contribution in [2.75, 3.05) is 11.5 Å². The Kier molecular flexibility index (Phi) is 8.71. The highest BCUT2D eigenvalue weighted by Gasteiger charge is 2.34. The van der Waals surface area contributed by atoms with Crippen molar-refractivity contribution in [3.05, 3.63) is 107 Å². The third-order valence-corrected chi connectivity index (χ3v) is 6.34. The molecule has 0 aliphatic carbocycles. The number of allylic oxidation sites excluding steroid dienone is 1. The van der Waals surface area contributed by atoms with Crippen LogP contribution >= 0.6 is 12.2 Å². The molecule has 0 spiro atoms. The number of carbonyl (C=O) groups is 2. The minimum Gasteiger partial charge on any atom is -0.490 e. The number of rotatable bonds is 10. The monoisotopic (exact) mass is 526 g/mol. The van der Waals surface area contributed by atoms with E-state index in [0.717, 1.165) is 23.1 Å². The molecule has 1 heterocycles. The van der Waals surface area contributed by atoms with Crippen molar-refractivity contribution < 1.29 is 19.1 Å². The Bertz CT molecular complexity index is 1380. The number of nitrogens with one attached hydrogen (secondary N) is 1. The lowest BCUT2D eigenvalue weighted by atomic mass is 10.0. The molecule has 1 N–H and O–H groups in total. The van der Waals surface area contributed by atoms with Gasteiger partial charge in [-0.2, -0.15) is 0 Å². The Morgan fingerprint density at radius 2 is 1.71 bits per heavy atom. The van der Waals surface area contributed by atoms with E-state index in [1.807, 2.05) is 67.6 Å². The molecule has 6 nitrogen and oxygen atoms in total. The summed E-state index contributed by atoms with van der Waals surface area (Å²) in [6.45, 7) is 8.61. The third-order valence-electron chi connectivity index (χ3n) is 6.06. The minimum absolute atomic E-state index is 0.0249. The molecule has 2 amide bonds. The van der Waals surface area contributed by atoms with E-state index in [2.05, 4.69) is 18.8 Å². The molecule has 7 heteroatoms. The number of thiocarbonyl (C=S) groups is 1. The van der Waals surface area contributed by atoms with Crippen molar-refractivity contribution in [3.63, 3.8) is 0 Å². The lowest BCUT2D eigenvalue weighted by Crippen LogP contribution is -2.54. The number of hydrogen-bond donors (Lipinski definition) is 1. The van der Waals surface area contributed by atoms with Crippen LogP contribution in [-0.2, 0) is 29.0 Å². The number of carbonyl (C=O) groups excluding carboxylic acids is 2. The van der Waals surface area contributed by atoms with Crippen LogP contribution in [-0.4, -0.2) is 23.5 Å². The molecule has 1 saturated heterocycles. The van der Waals surface area contributed by atoms with Gasteiger partial charge < -0.3 is 9.47 Å². The maximum Gasteiger partial charge on any atom is 0.270 e. The van der Waals surface area contributed by atoms with Crippen molar-refractivity contribution in [1.82, 2.24) is 5.32 Å². The Balaban J connectivity index is 1.71. The van der Waals surface area contributed by atoms with Gasteiger partial charge in [0.25, 0.3) is 11.8 Å². The Morgan fingerprint density at radius 1 is 0.974 bits per heavy atom. The molecule has 4 rings (SSSR count). The summed E-state index contributed by atoms with van der Waals surface area (Å²) in [6, 6.07) is 21.0. The van der Waals surface area contributed by atoms with Gasteiger partial charge in [-0.1, -0.05) is 55.5 Å². The summed E-state index contributed by atoms with van der Waals surface area (Å²) in [7, 11) is 0. The fourth-order valence-electron chi connectivity index (χ4n) is 4.17. The molecule has 0 radical (unpaired) electrons. The van der Waals surface area contributed by atoms with Crippen LogP contribution in [0.25, 0.3) is 6.08 Å². The molecule has 0 saturated carbocycles. The maximum absolute atomic E-state index is 13.5. The first-order valence-electron chi connectivity index (χ1n) is 12.5. The molecule has 38 heavy (non-hydrogen) atoms. The van der Waals surface area contributed by atoms with Gasteiger partial charge in [-0.05, 0) is 79.0 Å². The van der Waals surface area contributed by atoms with Crippen LogP contribution in [0.5, 0.6) is 11.5 Å². The fraction of sp³-hybridized carbons (Fsp3) is 0.194. The lowest BCUT2D eigenvalue weighted by molar-refractivity contribution is -0.122. The average molecular weight is 527 g/mol. The summed E-state index contributed by atoms with van der Waals surface area (Å²) in [5, 5.41) is 2.69. The predicted molar refractivity (Wildman–Crippen MR) is 154 cm³/mol. The number of anilines is 1. The second-order valence-electron chi connectivity index (χ2n) is 8.69. The molecule has 3 aromatic rings. The maximum atomic E-state index is 13.5. The number of nitrogens with zero attached hydrogens (tertiary/aromatic N) is 1. The molecular formula is C31H30N2O4S. The summed E-state index contributed by atoms with van der Waals surface area (Å²) in [5.74, 6) is 0.0986. The summed E-state index contributed by atoms with van der Waals surface area (Å²) in [4.78, 5) is 27.7. The van der Waals surface area contributed by atoms with Gasteiger partial charge in [0.2, 0.25) is 0 Å². The van der Waals surface area contributed by atoms with Gasteiger partial charge in [0, 0.05) is 5.56 Å². The standard InChI is InChI=1S/C31H30N2O4S/c1-4-10-24-17-23(19-27(36-6-3)28(24)37-20-22-11-8-7-9-12-22)18-26-29(34)32-31(38)33(30(26)35)25-15-13-21(5-2)14-16-25/h4,7-9,11-19H,1,5-6,10,20H2,2-3H3,(H,32,34,38)/b26-18+. The summed E-state index contributed by atoms with van der Waals surface area (Å²) in [5.41, 5.74) is 4.19. The molecule has 1 aliphatic rings. The number of ether oxygens (including phenoxy) is 2. The number of amides is 2. The zero-order chi connectivity index (χ0) is 27.1. The van der Waals surface area contributed by atoms with E-state index in [9.17, 15) is 9.59 Å². The SMILES string of the molecule is C=CCc1cc(/C=C2\C(=O)NC(=S)N(c3ccc(CC)cc3)C2=O)cc(OCC)c1OCc1ccccc1. The summed E-state index contributed by atoms with van der Waals surface area (Å²) in [6.07, 6.45) is 4.72. The van der Waals surface area contributed by atoms with E-state index in [1.54, 1.807) is 18.2 Å². The van der Waals surface area contributed by atoms with Crippen LogP contribution in [0.1, 0.15) is 36.1 Å². The first-order chi connectivity index (χ1) is 18.4. The molecule has 0 atom stereocenters. The normalized spacial score (nSPS) is 14.4. The zero-order valence-corrected chi connectivity index (χ0v) is 22.3. The van der Waals surface area contributed by atoms with Crippen LogP contribution in [0, 0.1) is 0 Å². The second kappa shape index (κ2) is 12.3. The van der Waals surface area contributed by atoms with Crippen LogP contribution < -0.4 is 19.7 Å². The Morgan fingerprint density at radius 3 is 2.37 bits per heavy atom. The molecule has 0 unspecified atom stereocenters. The van der Waals surface area contributed by atoms with E-state index in [-0.39, 0.29) is 10.7 Å². The second-order valence-corrected chi connectivity index (χ2v) is 9.07. The summed E-state index contributed by atoms with van der Waals surface area (Å²) < 4.78 is 12.1. The highest BCUT2D eigenvalue weighted by atomic mass is 32.1. The topological polar surface area (TPSA) is 67.9 Å². The van der Waals surface area contributed by atoms with Crippen LogP contribution in [0.4, 0.5) is 5.69 Å². The average Bonchev–Trinajstić information content (AvgIpc) is 2.92. The van der Waals surface area contributed by atoms with Gasteiger partial charge in [-0.3, -0.25) is 19.8 Å². The highest BCUT2D eigenvalue weighted by Crippen LogP contribution is 2.36. The van der Waals surface area contributed by atoms with Crippen molar-refractivity contribution in [2.24, 2.45) is 0 Å². The fourth-order valence-corrected chi connectivity index (χ4v) is 4.45. The summed E-state index contributed by atoms with van der Waals surface area (Å²) >= 11 is 5.34. The molecule has 3 aromatic carbocycles. The quantitative estimate of drug-likeness (QED) is 0.157. The zero-order valence-electron chi connectivity index (χ0n) is 21.5. The van der Waals surface area contributed by atoms with Crippen LogP contribution in [0.15, 0.2) is 85.0 Å². The van der Waals surface area contributed by atoms with E-state index in [0.29, 0.717) is 42.4 Å². The van der Waals surface area contributed by atoms with E-state index in [1.165, 1.54) is 4.90 Å². The molecule has 1 fully saturated rings. The van der Waals surface area contributed by atoms with Gasteiger partial charge in [0.05, 0.1) is 12.3 Å². The van der Waals surface area contributed by atoms with Crippen molar-refractivity contribution in [3.8, 4) is 11.5 Å². The Labute approximate surface area is 228 Å². The smallest absolute Gasteiger partial charge is 0.270 e. The lowest BCUT2D eigenvalue weighted by Gasteiger charge is -2.29. The Hall–Kier alpha value is -4.23. The molecule has 1 aliphatic heterocycles. The van der Waals surface area contributed by atoms with E-state index < -0.39 is 11.8 Å². The predicted octanol–water partition coefficient (Wildman–Crippen LogP) is 5.79. The third kappa shape index (κ3) is 6.01. The van der Waals surface area contributed by atoms with Gasteiger partial charge in [0.15, 0.2) is 16.6 Å². The van der Waals surface area contributed by atoms with E-state index in [4.69, 9.17) is 21.7 Å². The van der Waals surface area contributed by atoms with Gasteiger partial charge in [0.1, 0.15) is 12.2 Å². The highest BCUT2D eigenvalue weighted by molar-refractivity contribution is 7.80. The molecular weight excluding hydrogens is 496 g/mol. The van der Waals surface area contributed by atoms with Crippen molar-refractivity contribution >= 4 is 40.9 Å². The van der Waals surface area contributed by atoms with Gasteiger partial charge in [-0.25, -0.2) is 0 Å². The van der Waals surface area contributed by atoms with E-state index >= 15 is 0 Å². The molecule has 194 valence electrons. The van der Waals surface area contributed by atoms with Crippen molar-refractivity contribution in [1.29, 1.82) is 0 Å². The number of hydrogen-bond acceptors (Lipinski definition) is 5. The number of benzene rings is 3. The van der Waals surface area contributed by atoms with Gasteiger partial charge >= 0.3 is 0 Å². The molecule has 0 aromatic heterocycles. The van der Waals surface area contributed by atoms with Crippen LogP contribution in [0.3, 0.4) is 0 Å². The van der Waals surface area contributed by atoms with Gasteiger partial charge in [-0.15, -0.1) is 6.58 Å². The largest absolute Gasteiger partial charge is 0.490 e. The minimum atomic E-state index is -0.547. The molecule has 0 bridgehead atoms.